The van der Waals surface area contributed by atoms with Gasteiger partial charge in [-0.15, -0.1) is 0 Å². The van der Waals surface area contributed by atoms with E-state index >= 15 is 0 Å². The molecule has 2 aromatic carbocycles. The van der Waals surface area contributed by atoms with Crippen molar-refractivity contribution in [3.8, 4) is 0 Å². The summed E-state index contributed by atoms with van der Waals surface area (Å²) in [7, 11) is 0. The van der Waals surface area contributed by atoms with E-state index < -0.39 is 23.9 Å². The Labute approximate surface area is 135 Å². The van der Waals surface area contributed by atoms with Crippen LogP contribution in [0.15, 0.2) is 48.5 Å². The summed E-state index contributed by atoms with van der Waals surface area (Å²) in [6.07, 6.45) is 0. The minimum Gasteiger partial charge on any atom is -0.478 e. The first-order valence-electron chi connectivity index (χ1n) is 6.35. The smallest absolute Gasteiger partial charge is 0.335 e. The Morgan fingerprint density at radius 2 is 0.792 bits per heavy atom. The van der Waals surface area contributed by atoms with Crippen molar-refractivity contribution in [1.29, 1.82) is 0 Å². The molecule has 0 aliphatic rings. The lowest BCUT2D eigenvalue weighted by Crippen LogP contribution is -2.07. The fraction of sp³-hybridized carbons (Fsp3) is 0. The van der Waals surface area contributed by atoms with Crippen molar-refractivity contribution in [2.45, 2.75) is 0 Å². The molecule has 0 atom stereocenters. The van der Waals surface area contributed by atoms with Gasteiger partial charge in [0.2, 0.25) is 0 Å². The summed E-state index contributed by atoms with van der Waals surface area (Å²) >= 11 is 0. The van der Waals surface area contributed by atoms with E-state index in [4.69, 9.17) is 20.4 Å². The monoisotopic (exact) mass is 332 g/mol. The van der Waals surface area contributed by atoms with Gasteiger partial charge in [-0.1, -0.05) is 18.2 Å². The molecule has 2 rings (SSSR count). The molecule has 0 heterocycles. The van der Waals surface area contributed by atoms with E-state index in [1.807, 2.05) is 0 Å². The van der Waals surface area contributed by atoms with Crippen LogP contribution in [0.2, 0.25) is 0 Å². The van der Waals surface area contributed by atoms with Gasteiger partial charge in [0.25, 0.3) is 0 Å². The molecule has 0 aromatic heterocycles. The first-order chi connectivity index (χ1) is 11.2. The maximum Gasteiger partial charge on any atom is 0.335 e. The SMILES string of the molecule is O=C(O)c1cc(C(=O)O)cc(C(=O)O)c1.O=C(O)c1ccccc1. The van der Waals surface area contributed by atoms with Crippen LogP contribution in [0.3, 0.4) is 0 Å². The van der Waals surface area contributed by atoms with E-state index in [1.165, 1.54) is 0 Å². The average molecular weight is 332 g/mol. The molecule has 8 nitrogen and oxygen atoms in total. The van der Waals surface area contributed by atoms with Crippen molar-refractivity contribution in [2.75, 3.05) is 0 Å². The summed E-state index contributed by atoms with van der Waals surface area (Å²) in [5.74, 6) is -5.00. The van der Waals surface area contributed by atoms with Crippen molar-refractivity contribution in [3.05, 3.63) is 70.8 Å². The molecule has 0 unspecified atom stereocenters. The van der Waals surface area contributed by atoms with Crippen LogP contribution in [0.5, 0.6) is 0 Å². The molecule has 0 fully saturated rings. The normalized spacial score (nSPS) is 9.33. The molecule has 0 radical (unpaired) electrons. The zero-order valence-electron chi connectivity index (χ0n) is 12.0. The number of aromatic carboxylic acids is 4. The fourth-order valence-electron chi connectivity index (χ4n) is 1.58. The van der Waals surface area contributed by atoms with Gasteiger partial charge >= 0.3 is 23.9 Å². The molecule has 0 spiro atoms. The van der Waals surface area contributed by atoms with E-state index in [0.29, 0.717) is 5.56 Å². The van der Waals surface area contributed by atoms with E-state index in [9.17, 15) is 19.2 Å². The Kier molecular flexibility index (Phi) is 6.19. The molecule has 0 saturated heterocycles. The fourth-order valence-corrected chi connectivity index (χ4v) is 1.58. The number of hydrogen-bond donors (Lipinski definition) is 4. The number of carboxylic acid groups (broad SMARTS) is 4. The lowest BCUT2D eigenvalue weighted by molar-refractivity contribution is 0.0679. The molecule has 8 heteroatoms. The summed E-state index contributed by atoms with van der Waals surface area (Å²) < 4.78 is 0. The Morgan fingerprint density at radius 1 is 0.500 bits per heavy atom. The quantitative estimate of drug-likeness (QED) is 0.665. The molecule has 0 bridgehead atoms. The van der Waals surface area contributed by atoms with Crippen LogP contribution in [0.25, 0.3) is 0 Å². The van der Waals surface area contributed by atoms with Gasteiger partial charge in [0, 0.05) is 0 Å². The zero-order chi connectivity index (χ0) is 18.3. The van der Waals surface area contributed by atoms with Crippen molar-refractivity contribution in [2.24, 2.45) is 0 Å². The molecule has 0 aliphatic carbocycles. The highest BCUT2D eigenvalue weighted by molar-refractivity contribution is 5.98. The highest BCUT2D eigenvalue weighted by Crippen LogP contribution is 2.11. The Balaban J connectivity index is 0.000000272. The second kappa shape index (κ2) is 8.08. The third kappa shape index (κ3) is 5.26. The average Bonchev–Trinajstić information content (AvgIpc) is 2.55. The molecule has 124 valence electrons. The van der Waals surface area contributed by atoms with Crippen molar-refractivity contribution >= 4 is 23.9 Å². The second-order valence-corrected chi connectivity index (χ2v) is 4.39. The lowest BCUT2D eigenvalue weighted by atomic mass is 10.1. The zero-order valence-corrected chi connectivity index (χ0v) is 12.0. The minimum atomic E-state index is -1.37. The first kappa shape index (κ1) is 18.4. The molecular formula is C16H12O8. The van der Waals surface area contributed by atoms with Crippen LogP contribution in [0, 0.1) is 0 Å². The Bertz CT molecular complexity index is 701. The summed E-state index contributed by atoms with van der Waals surface area (Å²) in [5, 5.41) is 34.2. The Hall–Kier alpha value is -3.68. The van der Waals surface area contributed by atoms with Gasteiger partial charge in [-0.05, 0) is 30.3 Å². The number of carbonyl (C=O) groups is 4. The van der Waals surface area contributed by atoms with Gasteiger partial charge in [0.1, 0.15) is 0 Å². The summed E-state index contributed by atoms with van der Waals surface area (Å²) in [6.45, 7) is 0. The van der Waals surface area contributed by atoms with Gasteiger partial charge in [-0.3, -0.25) is 0 Å². The third-order valence-corrected chi connectivity index (χ3v) is 2.69. The summed E-state index contributed by atoms with van der Waals surface area (Å²) in [5.41, 5.74) is -0.774. The van der Waals surface area contributed by atoms with Crippen LogP contribution in [-0.4, -0.2) is 44.3 Å². The third-order valence-electron chi connectivity index (χ3n) is 2.69. The maximum atomic E-state index is 10.6. The lowest BCUT2D eigenvalue weighted by Gasteiger charge is -2.00. The summed E-state index contributed by atoms with van der Waals surface area (Å²) in [6, 6.07) is 11.0. The number of benzene rings is 2. The Morgan fingerprint density at radius 3 is 1.00 bits per heavy atom. The highest BCUT2D eigenvalue weighted by Gasteiger charge is 2.14. The van der Waals surface area contributed by atoms with Crippen LogP contribution in [-0.2, 0) is 0 Å². The van der Waals surface area contributed by atoms with Crippen molar-refractivity contribution < 1.29 is 39.6 Å². The first-order valence-corrected chi connectivity index (χ1v) is 6.35. The maximum absolute atomic E-state index is 10.6. The molecule has 24 heavy (non-hydrogen) atoms. The molecule has 0 aliphatic heterocycles. The van der Waals surface area contributed by atoms with E-state index in [-0.39, 0.29) is 16.7 Å². The van der Waals surface area contributed by atoms with E-state index in [2.05, 4.69) is 0 Å². The van der Waals surface area contributed by atoms with Crippen molar-refractivity contribution in [1.82, 2.24) is 0 Å². The van der Waals surface area contributed by atoms with Gasteiger partial charge in [-0.2, -0.15) is 0 Å². The van der Waals surface area contributed by atoms with Gasteiger partial charge in [0.05, 0.1) is 22.3 Å². The van der Waals surface area contributed by atoms with E-state index in [0.717, 1.165) is 18.2 Å². The van der Waals surface area contributed by atoms with Crippen LogP contribution >= 0.6 is 0 Å². The molecule has 4 N–H and O–H groups in total. The molecule has 2 aromatic rings. The van der Waals surface area contributed by atoms with Gasteiger partial charge in [0.15, 0.2) is 0 Å². The standard InChI is InChI=1S/C9H6O6.C7H6O2/c10-7(11)4-1-5(8(12)13)3-6(2-4)9(14)15;8-7(9)6-4-2-1-3-5-6/h1-3H,(H,10,11)(H,12,13)(H,14,15);1-5H,(H,8,9). The number of rotatable bonds is 4. The predicted octanol–water partition coefficient (Wildman–Crippen LogP) is 2.17. The molecule has 0 amide bonds. The van der Waals surface area contributed by atoms with Crippen LogP contribution < -0.4 is 0 Å². The van der Waals surface area contributed by atoms with Crippen LogP contribution in [0.1, 0.15) is 41.4 Å². The summed E-state index contributed by atoms with van der Waals surface area (Å²) in [4.78, 5) is 41.9. The highest BCUT2D eigenvalue weighted by atomic mass is 16.4. The van der Waals surface area contributed by atoms with Gasteiger partial charge < -0.3 is 20.4 Å². The van der Waals surface area contributed by atoms with Crippen LogP contribution in [0.4, 0.5) is 0 Å². The minimum absolute atomic E-state index is 0.331. The molecular weight excluding hydrogens is 320 g/mol. The number of carboxylic acids is 4. The van der Waals surface area contributed by atoms with E-state index in [1.54, 1.807) is 30.3 Å². The second-order valence-electron chi connectivity index (χ2n) is 4.39. The largest absolute Gasteiger partial charge is 0.478 e. The molecule has 0 saturated carbocycles. The topological polar surface area (TPSA) is 149 Å². The van der Waals surface area contributed by atoms with Gasteiger partial charge in [-0.25, -0.2) is 19.2 Å². The number of hydrogen-bond acceptors (Lipinski definition) is 4. The predicted molar refractivity (Wildman–Crippen MR) is 80.7 cm³/mol. The van der Waals surface area contributed by atoms with Crippen molar-refractivity contribution in [3.63, 3.8) is 0 Å².